The monoisotopic (exact) mass is 243 g/mol. The standard InChI is InChI=1S/C15H21N3/c1-8-17-13(7-14(16)18-8)15-11-3-9-2-10(5-11)6-12(15)4-9/h7,9-12,15H,2-6H2,1H3,(H2,16,17,18). The zero-order valence-corrected chi connectivity index (χ0v) is 11.0. The minimum Gasteiger partial charge on any atom is -0.384 e. The summed E-state index contributed by atoms with van der Waals surface area (Å²) in [6.07, 6.45) is 7.23. The highest BCUT2D eigenvalue weighted by atomic mass is 14.9. The Kier molecular flexibility index (Phi) is 2.21. The van der Waals surface area contributed by atoms with Gasteiger partial charge in [-0.1, -0.05) is 0 Å². The van der Waals surface area contributed by atoms with Gasteiger partial charge >= 0.3 is 0 Å². The van der Waals surface area contributed by atoms with Gasteiger partial charge in [0.15, 0.2) is 0 Å². The van der Waals surface area contributed by atoms with Crippen LogP contribution in [0, 0.1) is 30.6 Å². The number of rotatable bonds is 1. The normalized spacial score (nSPS) is 41.3. The molecule has 0 unspecified atom stereocenters. The topological polar surface area (TPSA) is 51.8 Å². The highest BCUT2D eigenvalue weighted by Gasteiger charge is 2.49. The second kappa shape index (κ2) is 3.69. The van der Waals surface area contributed by atoms with Crippen LogP contribution in [0.2, 0.25) is 0 Å². The van der Waals surface area contributed by atoms with E-state index >= 15 is 0 Å². The van der Waals surface area contributed by atoms with Gasteiger partial charge in [-0.05, 0) is 62.7 Å². The first-order chi connectivity index (χ1) is 8.69. The third-order valence-electron chi connectivity index (χ3n) is 5.45. The van der Waals surface area contributed by atoms with Crippen LogP contribution in [0.15, 0.2) is 6.07 Å². The van der Waals surface area contributed by atoms with E-state index in [9.17, 15) is 0 Å². The minimum atomic E-state index is 0.645. The summed E-state index contributed by atoms with van der Waals surface area (Å²) in [6.45, 7) is 1.95. The third-order valence-corrected chi connectivity index (χ3v) is 5.45. The van der Waals surface area contributed by atoms with E-state index in [0.29, 0.717) is 11.7 Å². The maximum absolute atomic E-state index is 5.90. The molecule has 0 spiro atoms. The molecule has 4 bridgehead atoms. The SMILES string of the molecule is Cc1nc(N)cc(C2C3CC4CC(C3)CC2C4)n1. The number of aromatic nitrogens is 2. The van der Waals surface area contributed by atoms with E-state index in [1.807, 2.05) is 13.0 Å². The summed E-state index contributed by atoms with van der Waals surface area (Å²) in [6, 6.07) is 2.03. The van der Waals surface area contributed by atoms with Gasteiger partial charge < -0.3 is 5.73 Å². The van der Waals surface area contributed by atoms with Crippen molar-refractivity contribution in [1.82, 2.24) is 9.97 Å². The molecule has 4 aliphatic rings. The molecule has 1 aromatic heterocycles. The van der Waals surface area contributed by atoms with Gasteiger partial charge in [0.2, 0.25) is 0 Å². The average molecular weight is 243 g/mol. The lowest BCUT2D eigenvalue weighted by atomic mass is 9.51. The molecule has 96 valence electrons. The van der Waals surface area contributed by atoms with Crippen LogP contribution >= 0.6 is 0 Å². The summed E-state index contributed by atoms with van der Waals surface area (Å²) in [5.41, 5.74) is 7.13. The van der Waals surface area contributed by atoms with Crippen molar-refractivity contribution in [3.8, 4) is 0 Å². The molecule has 18 heavy (non-hydrogen) atoms. The molecule has 0 amide bonds. The summed E-state index contributed by atoms with van der Waals surface area (Å²) in [5, 5.41) is 0. The number of nitrogen functional groups attached to an aromatic ring is 1. The smallest absolute Gasteiger partial charge is 0.127 e. The van der Waals surface area contributed by atoms with Crippen molar-refractivity contribution in [2.45, 2.75) is 44.9 Å². The van der Waals surface area contributed by atoms with Gasteiger partial charge in [-0.15, -0.1) is 0 Å². The number of hydrogen-bond donors (Lipinski definition) is 1. The Labute approximate surface area is 108 Å². The number of nitrogens with zero attached hydrogens (tertiary/aromatic N) is 2. The molecule has 0 saturated heterocycles. The Morgan fingerprint density at radius 1 is 1.00 bits per heavy atom. The maximum Gasteiger partial charge on any atom is 0.127 e. The van der Waals surface area contributed by atoms with Crippen LogP contribution in [0.3, 0.4) is 0 Å². The molecule has 4 aliphatic carbocycles. The van der Waals surface area contributed by atoms with Crippen LogP contribution in [0.1, 0.15) is 49.5 Å². The largest absolute Gasteiger partial charge is 0.384 e. The first kappa shape index (κ1) is 10.8. The lowest BCUT2D eigenvalue weighted by Gasteiger charge is -2.54. The number of hydrogen-bond acceptors (Lipinski definition) is 3. The summed E-state index contributed by atoms with van der Waals surface area (Å²) in [5.74, 6) is 5.92. The molecule has 4 saturated carbocycles. The molecule has 0 atom stereocenters. The molecular formula is C15H21N3. The van der Waals surface area contributed by atoms with Crippen molar-refractivity contribution < 1.29 is 0 Å². The average Bonchev–Trinajstić information content (AvgIpc) is 2.25. The first-order valence-corrected chi connectivity index (χ1v) is 7.30. The van der Waals surface area contributed by atoms with Crippen LogP contribution in [0.25, 0.3) is 0 Å². The summed E-state index contributed by atoms with van der Waals surface area (Å²) >= 11 is 0. The summed E-state index contributed by atoms with van der Waals surface area (Å²) < 4.78 is 0. The van der Waals surface area contributed by atoms with Crippen LogP contribution in [0.4, 0.5) is 5.82 Å². The van der Waals surface area contributed by atoms with Crippen LogP contribution in [-0.4, -0.2) is 9.97 Å². The highest BCUT2D eigenvalue weighted by molar-refractivity contribution is 5.32. The van der Waals surface area contributed by atoms with E-state index in [2.05, 4.69) is 9.97 Å². The van der Waals surface area contributed by atoms with E-state index < -0.39 is 0 Å². The number of nitrogens with two attached hydrogens (primary N) is 1. The first-order valence-electron chi connectivity index (χ1n) is 7.30. The fraction of sp³-hybridized carbons (Fsp3) is 0.733. The van der Waals surface area contributed by atoms with Crippen molar-refractivity contribution in [2.75, 3.05) is 5.73 Å². The molecular weight excluding hydrogens is 222 g/mol. The fourth-order valence-electron chi connectivity index (χ4n) is 5.19. The van der Waals surface area contributed by atoms with Gasteiger partial charge in [0.25, 0.3) is 0 Å². The van der Waals surface area contributed by atoms with E-state index in [1.165, 1.54) is 37.8 Å². The minimum absolute atomic E-state index is 0.645. The lowest BCUT2D eigenvalue weighted by molar-refractivity contribution is -0.00420. The number of aryl methyl sites for hydroxylation is 1. The molecule has 1 aromatic rings. The fourth-order valence-corrected chi connectivity index (χ4v) is 5.19. The van der Waals surface area contributed by atoms with Gasteiger partial charge in [-0.3, -0.25) is 0 Å². The third kappa shape index (κ3) is 1.56. The summed E-state index contributed by atoms with van der Waals surface area (Å²) in [4.78, 5) is 8.90. The molecule has 4 fully saturated rings. The van der Waals surface area contributed by atoms with Gasteiger partial charge in [-0.2, -0.15) is 0 Å². The molecule has 0 radical (unpaired) electrons. The Morgan fingerprint density at radius 2 is 1.61 bits per heavy atom. The van der Waals surface area contributed by atoms with Crippen LogP contribution < -0.4 is 5.73 Å². The second-order valence-corrected chi connectivity index (χ2v) is 6.72. The Bertz CT molecular complexity index is 434. The van der Waals surface area contributed by atoms with E-state index in [-0.39, 0.29) is 0 Å². The molecule has 1 heterocycles. The van der Waals surface area contributed by atoms with Gasteiger partial charge in [0.1, 0.15) is 11.6 Å². The highest BCUT2D eigenvalue weighted by Crippen LogP contribution is 2.59. The van der Waals surface area contributed by atoms with Crippen LogP contribution in [0.5, 0.6) is 0 Å². The van der Waals surface area contributed by atoms with E-state index in [1.54, 1.807) is 0 Å². The van der Waals surface area contributed by atoms with Gasteiger partial charge in [0, 0.05) is 17.7 Å². The van der Waals surface area contributed by atoms with Crippen molar-refractivity contribution in [1.29, 1.82) is 0 Å². The molecule has 0 aliphatic heterocycles. The zero-order chi connectivity index (χ0) is 12.3. The van der Waals surface area contributed by atoms with Gasteiger partial charge in [0.05, 0.1) is 0 Å². The molecule has 3 heteroatoms. The predicted molar refractivity (Wildman–Crippen MR) is 71.0 cm³/mol. The van der Waals surface area contributed by atoms with E-state index in [4.69, 9.17) is 5.73 Å². The summed E-state index contributed by atoms with van der Waals surface area (Å²) in [7, 11) is 0. The zero-order valence-electron chi connectivity index (χ0n) is 11.0. The van der Waals surface area contributed by atoms with Crippen molar-refractivity contribution >= 4 is 5.82 Å². The van der Waals surface area contributed by atoms with Gasteiger partial charge in [-0.25, -0.2) is 9.97 Å². The lowest BCUT2D eigenvalue weighted by Crippen LogP contribution is -2.44. The Balaban J connectivity index is 1.72. The molecule has 0 aromatic carbocycles. The van der Waals surface area contributed by atoms with Crippen LogP contribution in [-0.2, 0) is 0 Å². The predicted octanol–water partition coefficient (Wildman–Crippen LogP) is 2.91. The molecule has 3 nitrogen and oxygen atoms in total. The van der Waals surface area contributed by atoms with Crippen molar-refractivity contribution in [3.05, 3.63) is 17.6 Å². The molecule has 5 rings (SSSR count). The van der Waals surface area contributed by atoms with Crippen molar-refractivity contribution in [3.63, 3.8) is 0 Å². The van der Waals surface area contributed by atoms with E-state index in [0.717, 1.165) is 29.5 Å². The van der Waals surface area contributed by atoms with Crippen molar-refractivity contribution in [2.24, 2.45) is 23.7 Å². The number of anilines is 1. The maximum atomic E-state index is 5.90. The quantitative estimate of drug-likeness (QED) is 0.825. The molecule has 2 N–H and O–H groups in total. The Morgan fingerprint density at radius 3 is 2.17 bits per heavy atom. The second-order valence-electron chi connectivity index (χ2n) is 6.72. The Hall–Kier alpha value is -1.12.